The van der Waals surface area contributed by atoms with Crippen LogP contribution in [0.3, 0.4) is 0 Å². The highest BCUT2D eigenvalue weighted by Gasteiger charge is 2.15. The maximum atomic E-state index is 11.4. The molecule has 0 amide bonds. The highest BCUT2D eigenvalue weighted by atomic mass is 32.2. The van der Waals surface area contributed by atoms with Crippen molar-refractivity contribution in [1.82, 2.24) is 0 Å². The molecule has 0 aliphatic rings. The second-order valence-corrected chi connectivity index (χ2v) is 4.73. The average Bonchev–Trinajstić information content (AvgIpc) is 2.22. The molecule has 88 valence electrons. The zero-order chi connectivity index (χ0) is 11.9. The first-order valence-electron chi connectivity index (χ1n) is 4.39. The maximum Gasteiger partial charge on any atom is 0.217 e. The molecule has 0 heterocycles. The highest BCUT2D eigenvalue weighted by Crippen LogP contribution is 2.04. The van der Waals surface area contributed by atoms with Gasteiger partial charge in [0.2, 0.25) is 9.84 Å². The van der Waals surface area contributed by atoms with Gasteiger partial charge >= 0.3 is 0 Å². The van der Waals surface area contributed by atoms with E-state index in [9.17, 15) is 8.42 Å². The molecule has 1 atom stereocenters. The minimum Gasteiger partial charge on any atom is -0.389 e. The predicted octanol–water partition coefficient (Wildman–Crippen LogP) is 0.744. The van der Waals surface area contributed by atoms with Crippen molar-refractivity contribution in [2.75, 3.05) is 13.0 Å². The Morgan fingerprint density at radius 1 is 1.53 bits per heavy atom. The van der Waals surface area contributed by atoms with E-state index in [-0.39, 0.29) is 5.03 Å². The summed E-state index contributed by atoms with van der Waals surface area (Å²) in [6.07, 6.45) is 3.97. The van der Waals surface area contributed by atoms with Crippen molar-refractivity contribution in [2.45, 2.75) is 20.1 Å². The van der Waals surface area contributed by atoms with Gasteiger partial charge in [0.15, 0.2) is 12.2 Å². The van der Waals surface area contributed by atoms with Crippen LogP contribution >= 0.6 is 0 Å². The summed E-state index contributed by atoms with van der Waals surface area (Å²) in [6, 6.07) is 0. The van der Waals surface area contributed by atoms with Gasteiger partial charge in [0.05, 0.1) is 0 Å². The monoisotopic (exact) mass is 235 g/mol. The molecule has 15 heavy (non-hydrogen) atoms. The fraction of sp³-hybridized carbons (Fsp3) is 0.556. The van der Waals surface area contributed by atoms with Crippen molar-refractivity contribution >= 4 is 9.84 Å². The van der Waals surface area contributed by atoms with Crippen molar-refractivity contribution in [1.29, 1.82) is 0 Å². The van der Waals surface area contributed by atoms with Crippen LogP contribution in [0, 0.1) is 0 Å². The van der Waals surface area contributed by atoms with Gasteiger partial charge in [0.1, 0.15) is 5.03 Å². The van der Waals surface area contributed by atoms with Gasteiger partial charge in [-0.05, 0) is 19.9 Å². The van der Waals surface area contributed by atoms with Gasteiger partial charge in [0.25, 0.3) is 0 Å². The Hall–Kier alpha value is -0.850. The van der Waals surface area contributed by atoms with E-state index in [0.717, 1.165) is 0 Å². The smallest absolute Gasteiger partial charge is 0.217 e. The summed E-state index contributed by atoms with van der Waals surface area (Å²) in [5, 5.41) is -0.219. The van der Waals surface area contributed by atoms with Gasteiger partial charge < -0.3 is 15.2 Å². The summed E-state index contributed by atoms with van der Waals surface area (Å²) >= 11 is 0. The van der Waals surface area contributed by atoms with Crippen LogP contribution in [0.5, 0.6) is 0 Å². The maximum absolute atomic E-state index is 11.4. The van der Waals surface area contributed by atoms with Crippen LogP contribution < -0.4 is 5.73 Å². The lowest BCUT2D eigenvalue weighted by atomic mass is 10.5. The minimum absolute atomic E-state index is 0.219. The molecule has 5 nitrogen and oxygen atoms in total. The van der Waals surface area contributed by atoms with E-state index >= 15 is 0 Å². The third-order valence-corrected chi connectivity index (χ3v) is 2.90. The Kier molecular flexibility index (Phi) is 6.23. The lowest BCUT2D eigenvalue weighted by molar-refractivity contribution is -0.0951. The largest absolute Gasteiger partial charge is 0.389 e. The number of hydrogen-bond donors (Lipinski definition) is 1. The first-order valence-corrected chi connectivity index (χ1v) is 6.05. The average molecular weight is 235 g/mol. The molecule has 0 saturated carbocycles. The SMILES string of the molecule is C/C=C\C=C(/N)S(=O)(=O)COC(C)OC. The second kappa shape index (κ2) is 6.60. The molecule has 0 spiro atoms. The van der Waals surface area contributed by atoms with E-state index in [2.05, 4.69) is 0 Å². The number of methoxy groups -OCH3 is 1. The summed E-state index contributed by atoms with van der Waals surface area (Å²) < 4.78 is 32.5. The normalized spacial score (nSPS) is 15.8. The van der Waals surface area contributed by atoms with Gasteiger partial charge in [-0.3, -0.25) is 0 Å². The summed E-state index contributed by atoms with van der Waals surface area (Å²) in [7, 11) is -2.13. The van der Waals surface area contributed by atoms with Crippen LogP contribution in [-0.2, 0) is 19.3 Å². The third-order valence-electron chi connectivity index (χ3n) is 1.60. The van der Waals surface area contributed by atoms with E-state index in [0.29, 0.717) is 0 Å². The van der Waals surface area contributed by atoms with E-state index in [1.807, 2.05) is 0 Å². The Balaban J connectivity index is 4.43. The topological polar surface area (TPSA) is 78.6 Å². The van der Waals surface area contributed by atoms with Crippen LogP contribution in [0.2, 0.25) is 0 Å². The predicted molar refractivity (Wildman–Crippen MR) is 58.4 cm³/mol. The molecule has 0 radical (unpaired) electrons. The number of ether oxygens (including phenoxy) is 2. The van der Waals surface area contributed by atoms with Gasteiger partial charge in [-0.15, -0.1) is 0 Å². The molecule has 2 N–H and O–H groups in total. The Morgan fingerprint density at radius 2 is 2.13 bits per heavy atom. The zero-order valence-electron chi connectivity index (χ0n) is 9.14. The summed E-state index contributed by atoms with van der Waals surface area (Å²) in [5.74, 6) is -0.484. The number of hydrogen-bond acceptors (Lipinski definition) is 5. The first kappa shape index (κ1) is 14.2. The Labute approximate surface area is 90.5 Å². The van der Waals surface area contributed by atoms with Gasteiger partial charge in [-0.1, -0.05) is 12.2 Å². The van der Waals surface area contributed by atoms with Crippen molar-refractivity contribution < 1.29 is 17.9 Å². The lowest BCUT2D eigenvalue weighted by Crippen LogP contribution is -2.21. The van der Waals surface area contributed by atoms with Gasteiger partial charge in [0, 0.05) is 7.11 Å². The Bertz CT molecular complexity index is 332. The van der Waals surface area contributed by atoms with Crippen LogP contribution in [-0.4, -0.2) is 27.8 Å². The summed E-state index contributed by atoms with van der Waals surface area (Å²) in [6.45, 7) is 3.36. The fourth-order valence-electron chi connectivity index (χ4n) is 0.616. The van der Waals surface area contributed by atoms with E-state index in [4.69, 9.17) is 15.2 Å². The number of allylic oxidation sites excluding steroid dienone is 3. The molecule has 0 aliphatic heterocycles. The van der Waals surface area contributed by atoms with Crippen molar-refractivity contribution in [3.8, 4) is 0 Å². The van der Waals surface area contributed by atoms with E-state index < -0.39 is 22.1 Å². The standard InChI is InChI=1S/C9H17NO4S/c1-4-5-6-9(10)15(11,12)7-14-8(2)13-3/h4-6,8H,7,10H2,1-3H3/b5-4-,9-6+. The minimum atomic E-state index is -3.55. The number of rotatable bonds is 6. The van der Waals surface area contributed by atoms with Gasteiger partial charge in [-0.2, -0.15) is 0 Å². The fourth-order valence-corrected chi connectivity index (χ4v) is 1.41. The van der Waals surface area contributed by atoms with Crippen LogP contribution in [0.4, 0.5) is 0 Å². The first-order chi connectivity index (χ1) is 6.94. The molecule has 6 heteroatoms. The summed E-state index contributed by atoms with van der Waals surface area (Å²) in [5.41, 5.74) is 5.37. The van der Waals surface area contributed by atoms with Crippen molar-refractivity contribution in [2.24, 2.45) is 5.73 Å². The number of sulfone groups is 1. The molecule has 1 unspecified atom stereocenters. The molecule has 0 bridgehead atoms. The quantitative estimate of drug-likeness (QED) is 0.542. The molecule has 0 fully saturated rings. The molecule has 0 aromatic carbocycles. The molecule has 0 aromatic heterocycles. The molecular formula is C9H17NO4S. The lowest BCUT2D eigenvalue weighted by Gasteiger charge is -2.10. The van der Waals surface area contributed by atoms with E-state index in [1.54, 1.807) is 26.0 Å². The van der Waals surface area contributed by atoms with Crippen LogP contribution in [0.25, 0.3) is 0 Å². The molecule has 0 saturated heterocycles. The molecular weight excluding hydrogens is 218 g/mol. The van der Waals surface area contributed by atoms with Crippen LogP contribution in [0.1, 0.15) is 13.8 Å². The molecule has 0 aromatic rings. The van der Waals surface area contributed by atoms with E-state index in [1.165, 1.54) is 13.2 Å². The van der Waals surface area contributed by atoms with Gasteiger partial charge in [-0.25, -0.2) is 8.42 Å². The molecule has 0 rings (SSSR count). The molecule has 0 aliphatic carbocycles. The van der Waals surface area contributed by atoms with Crippen molar-refractivity contribution in [3.63, 3.8) is 0 Å². The third kappa shape index (κ3) is 5.56. The summed E-state index contributed by atoms with van der Waals surface area (Å²) in [4.78, 5) is 0. The van der Waals surface area contributed by atoms with Crippen molar-refractivity contribution in [3.05, 3.63) is 23.3 Å². The highest BCUT2D eigenvalue weighted by molar-refractivity contribution is 7.95. The van der Waals surface area contributed by atoms with Crippen LogP contribution in [0.15, 0.2) is 23.3 Å². The zero-order valence-corrected chi connectivity index (χ0v) is 9.95. The second-order valence-electron chi connectivity index (χ2n) is 2.80. The number of nitrogens with two attached hydrogens (primary N) is 1. The Morgan fingerprint density at radius 3 is 2.60 bits per heavy atom.